The van der Waals surface area contributed by atoms with Crippen molar-refractivity contribution in [3.63, 3.8) is 0 Å². The molecule has 0 radical (unpaired) electrons. The Morgan fingerprint density at radius 2 is 1.61 bits per heavy atom. The summed E-state index contributed by atoms with van der Waals surface area (Å²) < 4.78 is 75.4. The van der Waals surface area contributed by atoms with Crippen molar-refractivity contribution in [3.05, 3.63) is 91.4 Å². The molecule has 274 valence electrons. The Labute approximate surface area is 294 Å². The van der Waals surface area contributed by atoms with Crippen LogP contribution < -0.4 is 5.56 Å². The van der Waals surface area contributed by atoms with Gasteiger partial charge in [0, 0.05) is 55.2 Å². The van der Waals surface area contributed by atoms with Crippen LogP contribution in [0.5, 0.6) is 0 Å². The average Bonchev–Trinajstić information content (AvgIpc) is 3.80. The smallest absolute Gasteiger partial charge is 0.416 e. The molecule has 1 aromatic heterocycles. The Hall–Kier alpha value is -4.19. The van der Waals surface area contributed by atoms with Crippen molar-refractivity contribution in [3.8, 4) is 11.1 Å². The summed E-state index contributed by atoms with van der Waals surface area (Å²) in [5.74, 6) is -6.07. The summed E-state index contributed by atoms with van der Waals surface area (Å²) in [4.78, 5) is 45.0. The molecule has 12 heteroatoms. The number of hydrogen-bond donors (Lipinski definition) is 1. The highest BCUT2D eigenvalue weighted by atomic mass is 19.4. The number of pyridine rings is 1. The Kier molecular flexibility index (Phi) is 10.8. The monoisotopic (exact) mass is 713 g/mol. The van der Waals surface area contributed by atoms with Crippen LogP contribution in [0.1, 0.15) is 90.4 Å². The van der Waals surface area contributed by atoms with Gasteiger partial charge in [0.1, 0.15) is 17.7 Å². The molecule has 2 fully saturated rings. The molecule has 2 heterocycles. The van der Waals surface area contributed by atoms with Crippen LogP contribution in [0.25, 0.3) is 11.1 Å². The molecular weight excluding hydrogens is 669 g/mol. The van der Waals surface area contributed by atoms with Crippen LogP contribution in [0.4, 0.5) is 22.0 Å². The number of likely N-dealkylation sites (tertiary alicyclic amines) is 1. The molecule has 3 aromatic rings. The first kappa shape index (κ1) is 38.1. The van der Waals surface area contributed by atoms with Gasteiger partial charge in [0.05, 0.1) is 12.0 Å². The van der Waals surface area contributed by atoms with Crippen LogP contribution in [-0.2, 0) is 22.2 Å². The predicted molar refractivity (Wildman–Crippen MR) is 185 cm³/mol. The van der Waals surface area contributed by atoms with Gasteiger partial charge in [-0.15, -0.1) is 0 Å². The number of amides is 1. The van der Waals surface area contributed by atoms with Crippen molar-refractivity contribution in [1.29, 1.82) is 0 Å². The predicted octanol–water partition coefficient (Wildman–Crippen LogP) is 8.13. The lowest BCUT2D eigenvalue weighted by atomic mass is 9.87. The minimum Gasteiger partial charge on any atom is -0.481 e. The van der Waals surface area contributed by atoms with Crippen molar-refractivity contribution in [2.24, 2.45) is 16.3 Å². The number of carbonyl (C=O) groups is 2. The van der Waals surface area contributed by atoms with Crippen molar-refractivity contribution in [1.82, 2.24) is 9.47 Å². The Bertz CT molecular complexity index is 1910. The number of aliphatic imine (C=N–C) groups is 1. The van der Waals surface area contributed by atoms with E-state index in [-0.39, 0.29) is 35.4 Å². The van der Waals surface area contributed by atoms with Crippen LogP contribution in [0.15, 0.2) is 40.2 Å². The number of carboxylic acid groups (broad SMARTS) is 1. The maximum Gasteiger partial charge on any atom is 0.416 e. The minimum atomic E-state index is -4.80. The number of aryl methyl sites for hydroxylation is 4. The molecule has 1 saturated carbocycles. The van der Waals surface area contributed by atoms with Gasteiger partial charge >= 0.3 is 12.1 Å². The SMILES string of the molecule is Cc1cc(C)c(-c2cc(C)c(F)c(C(C=NC(=O)C(CC(C)C)n3cc(CCN4CC5(CC5)C4)c(C(F)(F)F)cc3=O)CC(=O)O)c2F)c(C)c1. The van der Waals surface area contributed by atoms with E-state index in [1.165, 1.54) is 13.0 Å². The molecule has 1 aliphatic carbocycles. The Morgan fingerprint density at radius 3 is 2.16 bits per heavy atom. The summed E-state index contributed by atoms with van der Waals surface area (Å²) in [5.41, 5.74) is 0.557. The maximum absolute atomic E-state index is 16.4. The van der Waals surface area contributed by atoms with Crippen LogP contribution in [-0.4, -0.2) is 52.3 Å². The molecule has 1 N–H and O–H groups in total. The van der Waals surface area contributed by atoms with E-state index in [1.54, 1.807) is 27.7 Å². The van der Waals surface area contributed by atoms with E-state index in [4.69, 9.17) is 0 Å². The molecule has 2 unspecified atom stereocenters. The van der Waals surface area contributed by atoms with Gasteiger partial charge in [-0.2, -0.15) is 13.2 Å². The van der Waals surface area contributed by atoms with Crippen molar-refractivity contribution in [2.45, 2.75) is 91.8 Å². The van der Waals surface area contributed by atoms with E-state index in [0.29, 0.717) is 23.6 Å². The molecular formula is C39H44F5N3O4. The van der Waals surface area contributed by atoms with E-state index >= 15 is 8.78 Å². The van der Waals surface area contributed by atoms with E-state index in [9.17, 15) is 32.7 Å². The Morgan fingerprint density at radius 1 is 0.980 bits per heavy atom. The molecule has 5 rings (SSSR count). The lowest BCUT2D eigenvalue weighted by Gasteiger charge is -2.40. The molecule has 2 aliphatic rings. The van der Waals surface area contributed by atoms with Crippen LogP contribution >= 0.6 is 0 Å². The third-order valence-corrected chi connectivity index (χ3v) is 10.1. The highest BCUT2D eigenvalue weighted by molar-refractivity contribution is 5.91. The van der Waals surface area contributed by atoms with Gasteiger partial charge in [-0.05, 0) is 98.6 Å². The summed E-state index contributed by atoms with van der Waals surface area (Å²) in [7, 11) is 0. The van der Waals surface area contributed by atoms with Crippen molar-refractivity contribution in [2.75, 3.05) is 19.6 Å². The third-order valence-electron chi connectivity index (χ3n) is 10.1. The topological polar surface area (TPSA) is 92.0 Å². The van der Waals surface area contributed by atoms with Gasteiger partial charge in [0.2, 0.25) is 0 Å². The van der Waals surface area contributed by atoms with Crippen LogP contribution in [0.3, 0.4) is 0 Å². The summed E-state index contributed by atoms with van der Waals surface area (Å²) >= 11 is 0. The molecule has 1 amide bonds. The molecule has 51 heavy (non-hydrogen) atoms. The number of alkyl halides is 3. The standard InChI is InChI=1S/C39H44F5N3O4/c1-21(2)11-30(47-18-26(29(16-31(47)48)39(42,43)44)7-10-46-19-38(20-46)8-9-38)37(51)45-17-27(15-32(49)50)34-35(40)25(6)14-28(36(34)41)33-23(4)12-22(3)13-24(33)5/h12-14,16-18,21,27,30H,7-11,15,19-20H2,1-6H3,(H,49,50). The number of nitrogens with zero attached hydrogens (tertiary/aromatic N) is 3. The maximum atomic E-state index is 16.4. The zero-order chi connectivity index (χ0) is 37.6. The van der Waals surface area contributed by atoms with E-state index in [2.05, 4.69) is 9.89 Å². The average molecular weight is 714 g/mol. The highest BCUT2D eigenvalue weighted by Crippen LogP contribution is 2.52. The number of carboxylic acids is 1. The van der Waals surface area contributed by atoms with Crippen molar-refractivity contribution < 1.29 is 36.6 Å². The molecule has 0 bridgehead atoms. The van der Waals surface area contributed by atoms with Crippen LogP contribution in [0.2, 0.25) is 0 Å². The number of rotatable bonds is 12. The highest BCUT2D eigenvalue weighted by Gasteiger charge is 2.51. The molecule has 7 nitrogen and oxygen atoms in total. The molecule has 2 aromatic carbocycles. The second kappa shape index (κ2) is 14.4. The molecule has 1 saturated heterocycles. The van der Waals surface area contributed by atoms with Crippen LogP contribution in [0, 0.1) is 50.7 Å². The number of benzene rings is 2. The van der Waals surface area contributed by atoms with Gasteiger partial charge in [-0.1, -0.05) is 31.5 Å². The van der Waals surface area contributed by atoms with Gasteiger partial charge in [-0.25, -0.2) is 13.8 Å². The summed E-state index contributed by atoms with van der Waals surface area (Å²) in [6.45, 7) is 12.4. The number of aliphatic carboxylic acids is 1. The van der Waals surface area contributed by atoms with E-state index in [0.717, 1.165) is 59.6 Å². The fourth-order valence-electron chi connectivity index (χ4n) is 7.49. The molecule has 1 aliphatic heterocycles. The van der Waals surface area contributed by atoms with Gasteiger partial charge in [0.15, 0.2) is 0 Å². The zero-order valence-corrected chi connectivity index (χ0v) is 29.8. The number of aromatic nitrogens is 1. The lowest BCUT2D eigenvalue weighted by Crippen LogP contribution is -2.49. The van der Waals surface area contributed by atoms with Crippen molar-refractivity contribution >= 4 is 18.1 Å². The first-order chi connectivity index (χ1) is 23.8. The Balaban J connectivity index is 1.53. The fourth-order valence-corrected chi connectivity index (χ4v) is 7.49. The molecule has 1 spiro atoms. The first-order valence-electron chi connectivity index (χ1n) is 17.2. The quantitative estimate of drug-likeness (QED) is 0.151. The third kappa shape index (κ3) is 8.32. The number of halogens is 5. The summed E-state index contributed by atoms with van der Waals surface area (Å²) in [6, 6.07) is 4.22. The summed E-state index contributed by atoms with van der Waals surface area (Å²) in [6.07, 6.45) is -1.40. The van der Waals surface area contributed by atoms with E-state index < -0.39 is 64.8 Å². The second-order valence-electron chi connectivity index (χ2n) is 14.9. The molecule has 2 atom stereocenters. The minimum absolute atomic E-state index is 0.00588. The fraction of sp³-hybridized carbons (Fsp3) is 0.487. The number of carbonyl (C=O) groups excluding carboxylic acids is 1. The normalized spacial score (nSPS) is 16.9. The zero-order valence-electron chi connectivity index (χ0n) is 29.8. The van der Waals surface area contributed by atoms with Gasteiger partial charge in [0.25, 0.3) is 11.5 Å². The van der Waals surface area contributed by atoms with Gasteiger partial charge in [-0.3, -0.25) is 14.4 Å². The first-order valence-corrected chi connectivity index (χ1v) is 17.2. The largest absolute Gasteiger partial charge is 0.481 e. The lowest BCUT2D eigenvalue weighted by molar-refractivity contribution is -0.139. The second-order valence-corrected chi connectivity index (χ2v) is 14.9. The number of hydrogen-bond acceptors (Lipinski definition) is 4. The summed E-state index contributed by atoms with van der Waals surface area (Å²) in [5, 5.41) is 9.74. The van der Waals surface area contributed by atoms with E-state index in [1.807, 2.05) is 19.1 Å². The van der Waals surface area contributed by atoms with Gasteiger partial charge < -0.3 is 14.6 Å².